The van der Waals surface area contributed by atoms with Crippen LogP contribution < -0.4 is 0 Å². The third kappa shape index (κ3) is 1.99. The summed E-state index contributed by atoms with van der Waals surface area (Å²) in [6.45, 7) is 3.78. The Morgan fingerprint density at radius 3 is 2.74 bits per heavy atom. The van der Waals surface area contributed by atoms with E-state index in [0.29, 0.717) is 17.6 Å². The Bertz CT molecular complexity index is 559. The third-order valence-corrected chi connectivity index (χ3v) is 7.88. The molecule has 4 unspecified atom stereocenters. The number of fused-ring (bicyclic) bond motifs is 5. The van der Waals surface area contributed by atoms with E-state index in [0.717, 1.165) is 57.2 Å². The Morgan fingerprint density at radius 1 is 1.09 bits per heavy atom. The second-order valence-electron chi connectivity index (χ2n) is 8.79. The molecule has 5 aliphatic rings. The molecule has 1 spiro atoms. The maximum Gasteiger partial charge on any atom is 0.168 e. The number of allylic oxidation sites excluding steroid dienone is 2. The van der Waals surface area contributed by atoms with Crippen molar-refractivity contribution in [2.45, 2.75) is 64.1 Å². The van der Waals surface area contributed by atoms with Crippen LogP contribution in [0.15, 0.2) is 11.6 Å². The summed E-state index contributed by atoms with van der Waals surface area (Å²) >= 11 is 0. The molecule has 1 aliphatic heterocycles. The smallest absolute Gasteiger partial charge is 0.168 e. The van der Waals surface area contributed by atoms with Crippen LogP contribution in [-0.2, 0) is 14.3 Å². The Labute approximate surface area is 138 Å². The summed E-state index contributed by atoms with van der Waals surface area (Å²) in [5.74, 6) is 3.03. The average molecular weight is 316 g/mol. The van der Waals surface area contributed by atoms with E-state index in [9.17, 15) is 4.79 Å². The van der Waals surface area contributed by atoms with Gasteiger partial charge in [-0.25, -0.2) is 0 Å². The standard InChI is InChI=1S/C20H28O3/c1-19-8-6-15-14-7-9-20(22-10-11-23-20)12-13(14)2-3-16(15)17(19)4-5-18(19)21/h6,13-14,16-17H,2-5,7-12H2,1H3/t13?,14?,16?,17?,19-/m0/s1. The Hall–Kier alpha value is -0.670. The van der Waals surface area contributed by atoms with E-state index in [4.69, 9.17) is 9.47 Å². The van der Waals surface area contributed by atoms with Crippen LogP contribution in [0, 0.1) is 29.1 Å². The summed E-state index contributed by atoms with van der Waals surface area (Å²) in [5.41, 5.74) is 1.67. The van der Waals surface area contributed by atoms with Crippen LogP contribution in [0.2, 0.25) is 0 Å². The van der Waals surface area contributed by atoms with Crippen molar-refractivity contribution in [2.24, 2.45) is 29.1 Å². The number of ketones is 1. The summed E-state index contributed by atoms with van der Waals surface area (Å²) in [6.07, 6.45) is 11.3. The Kier molecular flexibility index (Phi) is 3.13. The van der Waals surface area contributed by atoms with Gasteiger partial charge in [-0.05, 0) is 55.8 Å². The summed E-state index contributed by atoms with van der Waals surface area (Å²) in [4.78, 5) is 12.4. The van der Waals surface area contributed by atoms with Crippen LogP contribution in [0.3, 0.4) is 0 Å². The molecule has 1 saturated heterocycles. The Morgan fingerprint density at radius 2 is 1.91 bits per heavy atom. The number of Topliss-reactive ketones (excluding diaryl/α,β-unsaturated/α-hetero) is 1. The van der Waals surface area contributed by atoms with Gasteiger partial charge in [-0.1, -0.05) is 18.6 Å². The molecule has 4 aliphatic carbocycles. The maximum absolute atomic E-state index is 12.4. The molecule has 3 heteroatoms. The highest BCUT2D eigenvalue weighted by molar-refractivity contribution is 5.87. The van der Waals surface area contributed by atoms with Gasteiger partial charge < -0.3 is 9.47 Å². The first-order valence-corrected chi connectivity index (χ1v) is 9.62. The number of rotatable bonds is 0. The zero-order valence-corrected chi connectivity index (χ0v) is 14.2. The zero-order chi connectivity index (χ0) is 15.7. The van der Waals surface area contributed by atoms with Gasteiger partial charge in [0, 0.05) is 24.7 Å². The molecule has 1 heterocycles. The molecule has 3 nitrogen and oxygen atoms in total. The first-order valence-electron chi connectivity index (χ1n) is 9.62. The van der Waals surface area contributed by atoms with E-state index in [1.54, 1.807) is 5.57 Å². The lowest BCUT2D eigenvalue weighted by Gasteiger charge is -2.51. The second-order valence-corrected chi connectivity index (χ2v) is 8.79. The predicted molar refractivity (Wildman–Crippen MR) is 86.7 cm³/mol. The van der Waals surface area contributed by atoms with Crippen molar-refractivity contribution in [3.8, 4) is 0 Å². The van der Waals surface area contributed by atoms with Crippen molar-refractivity contribution in [3.05, 3.63) is 11.6 Å². The number of hydrogen-bond donors (Lipinski definition) is 0. The van der Waals surface area contributed by atoms with E-state index in [-0.39, 0.29) is 11.2 Å². The fraction of sp³-hybridized carbons (Fsp3) is 0.850. The fourth-order valence-corrected chi connectivity index (χ4v) is 6.67. The largest absolute Gasteiger partial charge is 0.348 e. The van der Waals surface area contributed by atoms with Gasteiger partial charge in [0.2, 0.25) is 0 Å². The minimum atomic E-state index is -0.249. The summed E-state index contributed by atoms with van der Waals surface area (Å²) in [7, 11) is 0. The molecule has 0 radical (unpaired) electrons. The molecule has 5 rings (SSSR count). The van der Waals surface area contributed by atoms with Gasteiger partial charge in [-0.15, -0.1) is 0 Å². The molecule has 0 aromatic rings. The molecular formula is C20H28O3. The van der Waals surface area contributed by atoms with E-state index in [1.807, 2.05) is 0 Å². The monoisotopic (exact) mass is 316 g/mol. The van der Waals surface area contributed by atoms with Gasteiger partial charge in [-0.2, -0.15) is 0 Å². The van der Waals surface area contributed by atoms with Gasteiger partial charge >= 0.3 is 0 Å². The van der Waals surface area contributed by atoms with Crippen molar-refractivity contribution >= 4 is 5.78 Å². The average Bonchev–Trinajstić information content (AvgIpc) is 3.12. The molecule has 23 heavy (non-hydrogen) atoms. The highest BCUT2D eigenvalue weighted by Crippen LogP contribution is 2.60. The van der Waals surface area contributed by atoms with E-state index < -0.39 is 0 Å². The molecule has 126 valence electrons. The van der Waals surface area contributed by atoms with Crippen LogP contribution >= 0.6 is 0 Å². The van der Waals surface area contributed by atoms with E-state index in [2.05, 4.69) is 13.0 Å². The maximum atomic E-state index is 12.4. The van der Waals surface area contributed by atoms with Gasteiger partial charge in [0.25, 0.3) is 0 Å². The predicted octanol–water partition coefficient (Wildman–Crippen LogP) is 3.87. The van der Waals surface area contributed by atoms with Crippen LogP contribution in [0.1, 0.15) is 58.3 Å². The topological polar surface area (TPSA) is 35.5 Å². The first kappa shape index (κ1) is 14.7. The lowest BCUT2D eigenvalue weighted by molar-refractivity contribution is -0.196. The molecule has 0 aromatic heterocycles. The molecule has 0 bridgehead atoms. The normalized spacial score (nSPS) is 47.9. The molecule has 0 amide bonds. The van der Waals surface area contributed by atoms with Crippen molar-refractivity contribution in [1.29, 1.82) is 0 Å². The van der Waals surface area contributed by atoms with Crippen molar-refractivity contribution in [1.82, 2.24) is 0 Å². The minimum absolute atomic E-state index is 0.0471. The van der Waals surface area contributed by atoms with Gasteiger partial charge in [0.05, 0.1) is 13.2 Å². The molecule has 4 fully saturated rings. The first-order chi connectivity index (χ1) is 11.1. The van der Waals surface area contributed by atoms with Gasteiger partial charge in [0.1, 0.15) is 5.78 Å². The van der Waals surface area contributed by atoms with Crippen LogP contribution in [0.25, 0.3) is 0 Å². The van der Waals surface area contributed by atoms with Crippen LogP contribution in [0.5, 0.6) is 0 Å². The number of hydrogen-bond acceptors (Lipinski definition) is 3. The summed E-state index contributed by atoms with van der Waals surface area (Å²) < 4.78 is 12.0. The quantitative estimate of drug-likeness (QED) is 0.636. The van der Waals surface area contributed by atoms with Gasteiger partial charge in [-0.3, -0.25) is 4.79 Å². The summed E-state index contributed by atoms with van der Waals surface area (Å²) in [6, 6.07) is 0. The van der Waals surface area contributed by atoms with Crippen LogP contribution in [-0.4, -0.2) is 24.8 Å². The number of carbonyl (C=O) groups excluding carboxylic acids is 1. The SMILES string of the molecule is C[C@]12CC=C3C4CCC5(CC4CCC3C1CCC2=O)OCCO5. The number of carbonyl (C=O) groups is 1. The molecule has 0 aromatic carbocycles. The minimum Gasteiger partial charge on any atom is -0.348 e. The molecular weight excluding hydrogens is 288 g/mol. The molecule has 3 saturated carbocycles. The molecule has 5 atom stereocenters. The Balaban J connectivity index is 1.42. The van der Waals surface area contributed by atoms with E-state index in [1.165, 1.54) is 19.3 Å². The fourth-order valence-electron chi connectivity index (χ4n) is 6.67. The second kappa shape index (κ2) is 4.92. The van der Waals surface area contributed by atoms with Crippen molar-refractivity contribution in [2.75, 3.05) is 13.2 Å². The lowest BCUT2D eigenvalue weighted by Crippen LogP contribution is -2.47. The van der Waals surface area contributed by atoms with Crippen LogP contribution in [0.4, 0.5) is 0 Å². The zero-order valence-electron chi connectivity index (χ0n) is 14.2. The molecule has 0 N–H and O–H groups in total. The third-order valence-electron chi connectivity index (χ3n) is 7.88. The highest BCUT2D eigenvalue weighted by Gasteiger charge is 2.55. The lowest BCUT2D eigenvalue weighted by atomic mass is 9.54. The van der Waals surface area contributed by atoms with E-state index >= 15 is 0 Å². The van der Waals surface area contributed by atoms with Crippen molar-refractivity contribution in [3.63, 3.8) is 0 Å². The highest BCUT2D eigenvalue weighted by atomic mass is 16.7. The van der Waals surface area contributed by atoms with Crippen molar-refractivity contribution < 1.29 is 14.3 Å². The number of ether oxygens (including phenoxy) is 2. The van der Waals surface area contributed by atoms with Gasteiger partial charge in [0.15, 0.2) is 5.79 Å². The summed E-state index contributed by atoms with van der Waals surface area (Å²) in [5, 5.41) is 0.